The summed E-state index contributed by atoms with van der Waals surface area (Å²) >= 11 is 0. The van der Waals surface area contributed by atoms with Gasteiger partial charge in [0, 0.05) is 12.8 Å². The lowest BCUT2D eigenvalue weighted by Crippen LogP contribution is -2.64. The van der Waals surface area contributed by atoms with Crippen LogP contribution in [-0.2, 0) is 19.1 Å². The molecular weight excluding hydrogens is 260 g/mol. The largest absolute Gasteiger partial charge is 0.394 e. The second-order valence-electron chi connectivity index (χ2n) is 4.32. The number of hydrogen-bond acceptors (Lipinski definition) is 8. The summed E-state index contributed by atoms with van der Waals surface area (Å²) in [5.41, 5.74) is -5.82. The van der Waals surface area contributed by atoms with Crippen LogP contribution in [0.3, 0.4) is 0 Å². The Morgan fingerprint density at radius 1 is 1.05 bits per heavy atom. The third-order valence-electron chi connectivity index (χ3n) is 3.38. The van der Waals surface area contributed by atoms with Gasteiger partial charge in [0.05, 0.1) is 13.0 Å². The summed E-state index contributed by atoms with van der Waals surface area (Å²) in [6.07, 6.45) is -9.64. The van der Waals surface area contributed by atoms with Crippen LogP contribution in [0.15, 0.2) is 0 Å². The molecule has 0 aromatic heterocycles. The smallest absolute Gasteiger partial charge is 0.205 e. The van der Waals surface area contributed by atoms with Gasteiger partial charge in [-0.25, -0.2) is 0 Å². The fourth-order valence-corrected chi connectivity index (χ4v) is 2.27. The normalized spacial score (nSPS) is 44.2. The van der Waals surface area contributed by atoms with Crippen molar-refractivity contribution in [2.45, 2.75) is 42.4 Å². The molecule has 19 heavy (non-hydrogen) atoms. The highest BCUT2D eigenvalue weighted by molar-refractivity contribution is 5.59. The van der Waals surface area contributed by atoms with Gasteiger partial charge in [0.2, 0.25) is 5.79 Å². The van der Waals surface area contributed by atoms with E-state index in [0.29, 0.717) is 0 Å². The number of aliphatic hydroxyl groups is 4. The number of aldehydes is 3. The zero-order valence-electron chi connectivity index (χ0n) is 12.8. The van der Waals surface area contributed by atoms with E-state index < -0.39 is 67.7 Å². The zero-order valence-corrected chi connectivity index (χ0v) is 9.83. The average Bonchev–Trinajstić information content (AvgIpc) is 2.45. The zero-order chi connectivity index (χ0) is 17.3. The lowest BCUT2D eigenvalue weighted by atomic mass is 9.72. The lowest BCUT2D eigenvalue weighted by Gasteiger charge is -2.41. The van der Waals surface area contributed by atoms with Crippen molar-refractivity contribution in [1.82, 2.24) is 0 Å². The first-order valence-corrected chi connectivity index (χ1v) is 5.36. The first-order valence-electron chi connectivity index (χ1n) is 6.86. The molecule has 4 N–H and O–H groups in total. The highest BCUT2D eigenvalue weighted by atomic mass is 16.7. The Bertz CT molecular complexity index is 500. The van der Waals surface area contributed by atoms with Crippen LogP contribution in [0, 0.1) is 0 Å². The molecule has 0 radical (unpaired) electrons. The Balaban J connectivity index is 3.46. The van der Waals surface area contributed by atoms with Gasteiger partial charge in [-0.3, -0.25) is 0 Å². The highest BCUT2D eigenvalue weighted by Crippen LogP contribution is 2.49. The van der Waals surface area contributed by atoms with Crippen LogP contribution in [-0.4, -0.2) is 68.9 Å². The SMILES string of the molecule is [2H]C(=O)CC1(O)O[C@H](CO)[C@](O)(CC([2H])=O)[C@@]1(O)CC([2H])=O. The van der Waals surface area contributed by atoms with Gasteiger partial charge < -0.3 is 39.5 Å². The van der Waals surface area contributed by atoms with Crippen molar-refractivity contribution < 1.29 is 43.7 Å². The van der Waals surface area contributed by atoms with E-state index in [1.54, 1.807) is 0 Å². The fourth-order valence-electron chi connectivity index (χ4n) is 2.27. The Morgan fingerprint density at radius 2 is 1.58 bits per heavy atom. The topological polar surface area (TPSA) is 141 Å². The minimum atomic E-state index is -3.03. The van der Waals surface area contributed by atoms with Gasteiger partial charge in [-0.2, -0.15) is 0 Å². The minimum absolute atomic E-state index is 1.02. The van der Waals surface area contributed by atoms with Gasteiger partial charge in [-0.05, 0) is 0 Å². The van der Waals surface area contributed by atoms with Crippen molar-refractivity contribution in [1.29, 1.82) is 0 Å². The van der Waals surface area contributed by atoms with Crippen LogP contribution in [0.1, 0.15) is 23.4 Å². The molecule has 1 saturated heterocycles. The molecule has 4 atom stereocenters. The van der Waals surface area contributed by atoms with E-state index in [1.165, 1.54) is 0 Å². The summed E-state index contributed by atoms with van der Waals surface area (Å²) in [6, 6.07) is 0. The van der Waals surface area contributed by atoms with Crippen LogP contribution in [0.4, 0.5) is 0 Å². The van der Waals surface area contributed by atoms with Gasteiger partial charge in [0.25, 0.3) is 0 Å². The maximum Gasteiger partial charge on any atom is 0.205 e. The third kappa shape index (κ3) is 2.11. The third-order valence-corrected chi connectivity index (χ3v) is 3.38. The van der Waals surface area contributed by atoms with Crippen LogP contribution in [0.25, 0.3) is 0 Å². The standard InChI is InChI=1S/C11H16O8/c12-4-1-9(16)8(7-15)19-11(18,3-6-14)10(9,17)2-5-13/h4-6,8,15-18H,1-3,7H2/t8-,9-,10+,11?/m1/s1/i4D,5D,6D. The lowest BCUT2D eigenvalue weighted by molar-refractivity contribution is -0.272. The van der Waals surface area contributed by atoms with Crippen LogP contribution in [0.5, 0.6) is 0 Å². The van der Waals surface area contributed by atoms with Crippen molar-refractivity contribution in [2.75, 3.05) is 6.61 Å². The molecule has 1 heterocycles. The van der Waals surface area contributed by atoms with Crippen molar-refractivity contribution >= 4 is 18.8 Å². The van der Waals surface area contributed by atoms with Crippen LogP contribution >= 0.6 is 0 Å². The number of carbonyl (C=O) groups is 3. The molecule has 0 saturated carbocycles. The first kappa shape index (κ1) is 11.6. The van der Waals surface area contributed by atoms with Crippen molar-refractivity contribution in [3.05, 3.63) is 0 Å². The molecule has 8 heteroatoms. The van der Waals surface area contributed by atoms with E-state index in [2.05, 4.69) is 0 Å². The van der Waals surface area contributed by atoms with E-state index in [4.69, 9.17) is 8.85 Å². The van der Waals surface area contributed by atoms with Gasteiger partial charge in [-0.1, -0.05) is 0 Å². The van der Waals surface area contributed by atoms with E-state index in [0.717, 1.165) is 0 Å². The number of carbonyl (C=O) groups excluding carboxylic acids is 3. The molecule has 1 fully saturated rings. The molecule has 108 valence electrons. The molecule has 8 nitrogen and oxygen atoms in total. The molecule has 0 bridgehead atoms. The molecule has 0 spiro atoms. The summed E-state index contributed by atoms with van der Waals surface area (Å²) in [6.45, 7) is -1.02. The Hall–Kier alpha value is -1.19. The second kappa shape index (κ2) is 5.43. The van der Waals surface area contributed by atoms with Crippen molar-refractivity contribution in [2.24, 2.45) is 0 Å². The summed E-state index contributed by atoms with van der Waals surface area (Å²) in [5, 5.41) is 40.5. The van der Waals surface area contributed by atoms with E-state index in [-0.39, 0.29) is 0 Å². The summed E-state index contributed by atoms with van der Waals surface area (Å²) in [4.78, 5) is 33.0. The monoisotopic (exact) mass is 279 g/mol. The average molecular weight is 279 g/mol. The Kier molecular flexibility index (Phi) is 3.32. The Labute approximate surface area is 112 Å². The maximum absolute atomic E-state index is 11.0. The fraction of sp³-hybridized carbons (Fsp3) is 0.727. The van der Waals surface area contributed by atoms with Gasteiger partial charge in [0.1, 0.15) is 34.6 Å². The molecule has 0 aliphatic carbocycles. The number of hydrogen-bond donors (Lipinski definition) is 4. The second-order valence-corrected chi connectivity index (χ2v) is 4.32. The molecule has 0 aromatic carbocycles. The van der Waals surface area contributed by atoms with Gasteiger partial charge in [0.15, 0.2) is 5.60 Å². The molecule has 1 rings (SSSR count). The summed E-state index contributed by atoms with van der Waals surface area (Å²) < 4.78 is 25.5. The summed E-state index contributed by atoms with van der Waals surface area (Å²) in [7, 11) is 0. The number of rotatable bonds is 7. The van der Waals surface area contributed by atoms with Crippen molar-refractivity contribution in [3.63, 3.8) is 0 Å². The van der Waals surface area contributed by atoms with E-state index in [1.807, 2.05) is 0 Å². The minimum Gasteiger partial charge on any atom is -0.394 e. The predicted molar refractivity (Wildman–Crippen MR) is 58.9 cm³/mol. The molecular formula is C11H16O8. The molecule has 0 amide bonds. The van der Waals surface area contributed by atoms with Crippen LogP contribution in [0.2, 0.25) is 0 Å². The van der Waals surface area contributed by atoms with E-state index in [9.17, 15) is 34.8 Å². The Morgan fingerprint density at radius 3 is 2.00 bits per heavy atom. The number of ether oxygens (including phenoxy) is 1. The highest BCUT2D eigenvalue weighted by Gasteiger charge is 2.72. The molecule has 1 unspecified atom stereocenters. The van der Waals surface area contributed by atoms with Crippen LogP contribution < -0.4 is 0 Å². The first-order chi connectivity index (χ1) is 9.92. The van der Waals surface area contributed by atoms with E-state index >= 15 is 0 Å². The molecule has 1 aliphatic rings. The van der Waals surface area contributed by atoms with Gasteiger partial charge in [-0.15, -0.1) is 0 Å². The van der Waals surface area contributed by atoms with Crippen molar-refractivity contribution in [3.8, 4) is 0 Å². The maximum atomic E-state index is 11.0. The van der Waals surface area contributed by atoms with Gasteiger partial charge >= 0.3 is 0 Å². The predicted octanol–water partition coefficient (Wildman–Crippen LogP) is -2.70. The molecule has 0 aromatic rings. The summed E-state index contributed by atoms with van der Waals surface area (Å²) in [5.74, 6) is -2.97. The quantitative estimate of drug-likeness (QED) is 0.369. The number of aliphatic hydroxyl groups excluding tert-OH is 1. The molecule has 1 aliphatic heterocycles.